The molecular formula is C29H35N7O3. The van der Waals surface area contributed by atoms with Crippen molar-refractivity contribution in [2.24, 2.45) is 10.2 Å². The van der Waals surface area contributed by atoms with E-state index < -0.39 is 4.92 Å². The summed E-state index contributed by atoms with van der Waals surface area (Å²) in [4.78, 5) is 25.4. The standard InChI is InChI=1S/C29H35N7O3/c1-4-7-8-9-10-11-12-13-14-28(37)32-27-19-24(35(5-2)6-3)15-16-26(27)33-34-29-22(20-30)17-25(36(38)39)18-23(29)21-31/h10-11,15-19H,4-9,12-14H2,1-3H3,(H,32,37)/b11-10+,34-33+. The second-order valence-corrected chi connectivity index (χ2v) is 8.85. The normalized spacial score (nSPS) is 10.9. The Morgan fingerprint density at radius 2 is 1.64 bits per heavy atom. The molecule has 0 fully saturated rings. The van der Waals surface area contributed by atoms with Gasteiger partial charge in [0.25, 0.3) is 5.69 Å². The quantitative estimate of drug-likeness (QED) is 0.0816. The minimum absolute atomic E-state index is 0.0681. The summed E-state index contributed by atoms with van der Waals surface area (Å²) in [6, 6.07) is 11.2. The number of carbonyl (C=O) groups is 1. The second kappa shape index (κ2) is 16.3. The zero-order valence-corrected chi connectivity index (χ0v) is 22.8. The van der Waals surface area contributed by atoms with Crippen LogP contribution in [0.25, 0.3) is 0 Å². The number of nitro benzene ring substituents is 1. The Hall–Kier alpha value is -4.57. The molecule has 0 radical (unpaired) electrons. The highest BCUT2D eigenvalue weighted by atomic mass is 16.6. The predicted molar refractivity (Wildman–Crippen MR) is 152 cm³/mol. The monoisotopic (exact) mass is 529 g/mol. The lowest BCUT2D eigenvalue weighted by Crippen LogP contribution is -2.22. The van der Waals surface area contributed by atoms with Crippen LogP contribution in [0, 0.1) is 32.8 Å². The Bertz CT molecular complexity index is 1250. The molecule has 1 N–H and O–H groups in total. The van der Waals surface area contributed by atoms with Crippen molar-refractivity contribution in [3.05, 3.63) is 63.7 Å². The van der Waals surface area contributed by atoms with Crippen LogP contribution < -0.4 is 10.2 Å². The number of nitriles is 2. The largest absolute Gasteiger partial charge is 0.372 e. The van der Waals surface area contributed by atoms with E-state index in [0.717, 1.165) is 43.8 Å². The van der Waals surface area contributed by atoms with Gasteiger partial charge in [-0.05, 0) is 57.7 Å². The molecule has 1 amide bonds. The van der Waals surface area contributed by atoms with Crippen LogP contribution in [0.3, 0.4) is 0 Å². The Labute approximate surface area is 229 Å². The van der Waals surface area contributed by atoms with E-state index in [1.807, 2.05) is 38.1 Å². The van der Waals surface area contributed by atoms with Gasteiger partial charge in [-0.25, -0.2) is 0 Å². The minimum Gasteiger partial charge on any atom is -0.372 e. The molecule has 0 aliphatic carbocycles. The molecule has 2 rings (SSSR count). The molecule has 0 aliphatic heterocycles. The average molecular weight is 530 g/mol. The fourth-order valence-corrected chi connectivity index (χ4v) is 3.94. The molecule has 2 aromatic rings. The molecule has 0 atom stereocenters. The van der Waals surface area contributed by atoms with Gasteiger partial charge in [0.2, 0.25) is 5.91 Å². The SMILES string of the molecule is CCCCC/C=C/CCCC(=O)Nc1cc(N(CC)CC)ccc1/N=N/c1c(C#N)cc([N+](=O)[O-])cc1C#N. The van der Waals surface area contributed by atoms with E-state index in [4.69, 9.17) is 0 Å². The van der Waals surface area contributed by atoms with Crippen LogP contribution >= 0.6 is 0 Å². The van der Waals surface area contributed by atoms with Crippen molar-refractivity contribution in [3.8, 4) is 12.1 Å². The first-order valence-electron chi connectivity index (χ1n) is 13.3. The number of rotatable bonds is 15. The number of azo groups is 1. The van der Waals surface area contributed by atoms with E-state index in [-0.39, 0.29) is 28.4 Å². The predicted octanol–water partition coefficient (Wildman–Crippen LogP) is 7.85. The van der Waals surface area contributed by atoms with E-state index in [0.29, 0.717) is 24.2 Å². The number of nitrogens with zero attached hydrogens (tertiary/aromatic N) is 6. The van der Waals surface area contributed by atoms with Gasteiger partial charge in [-0.2, -0.15) is 10.5 Å². The molecule has 0 bridgehead atoms. The first kappa shape index (κ1) is 30.7. The molecule has 0 saturated carbocycles. The number of anilines is 2. The number of amides is 1. The van der Waals surface area contributed by atoms with Crippen LogP contribution in [0.15, 0.2) is 52.7 Å². The van der Waals surface area contributed by atoms with Crippen LogP contribution in [0.1, 0.15) is 76.8 Å². The molecule has 2 aromatic carbocycles. The van der Waals surface area contributed by atoms with Crippen LogP contribution in [0.4, 0.5) is 28.4 Å². The smallest absolute Gasteiger partial charge is 0.272 e. The summed E-state index contributed by atoms with van der Waals surface area (Å²) in [6.45, 7) is 7.79. The first-order chi connectivity index (χ1) is 18.9. The van der Waals surface area contributed by atoms with Gasteiger partial charge in [0.15, 0.2) is 0 Å². The summed E-state index contributed by atoms with van der Waals surface area (Å²) in [5, 5.41) is 41.4. The Kier molecular flexibility index (Phi) is 12.8. The summed E-state index contributed by atoms with van der Waals surface area (Å²) in [5.74, 6) is -0.159. The number of nitrogens with one attached hydrogen (secondary N) is 1. The highest BCUT2D eigenvalue weighted by molar-refractivity contribution is 5.94. The topological polar surface area (TPSA) is 148 Å². The zero-order chi connectivity index (χ0) is 28.6. The van der Waals surface area contributed by atoms with Crippen molar-refractivity contribution in [2.45, 2.75) is 65.7 Å². The average Bonchev–Trinajstić information content (AvgIpc) is 2.94. The Morgan fingerprint density at radius 3 is 2.21 bits per heavy atom. The third-order valence-corrected chi connectivity index (χ3v) is 6.10. The fraction of sp³-hybridized carbons (Fsp3) is 0.414. The molecule has 0 aromatic heterocycles. The van der Waals surface area contributed by atoms with E-state index in [9.17, 15) is 25.4 Å². The van der Waals surface area contributed by atoms with Crippen molar-refractivity contribution < 1.29 is 9.72 Å². The lowest BCUT2D eigenvalue weighted by atomic mass is 10.1. The highest BCUT2D eigenvalue weighted by Crippen LogP contribution is 2.34. The fourth-order valence-electron chi connectivity index (χ4n) is 3.94. The van der Waals surface area contributed by atoms with Crippen molar-refractivity contribution in [3.63, 3.8) is 0 Å². The third-order valence-electron chi connectivity index (χ3n) is 6.10. The molecule has 0 aliphatic rings. The van der Waals surface area contributed by atoms with Crippen molar-refractivity contribution in [1.29, 1.82) is 10.5 Å². The second-order valence-electron chi connectivity index (χ2n) is 8.85. The lowest BCUT2D eigenvalue weighted by Gasteiger charge is -2.22. The molecule has 204 valence electrons. The van der Waals surface area contributed by atoms with Crippen LogP contribution in [0.5, 0.6) is 0 Å². The molecule has 0 heterocycles. The lowest BCUT2D eigenvalue weighted by molar-refractivity contribution is -0.384. The molecular weight excluding hydrogens is 494 g/mol. The van der Waals surface area contributed by atoms with Crippen molar-refractivity contribution in [1.82, 2.24) is 0 Å². The van der Waals surface area contributed by atoms with Crippen LogP contribution in [-0.4, -0.2) is 23.9 Å². The number of non-ortho nitro benzene ring substituents is 1. The number of unbranched alkanes of at least 4 members (excludes halogenated alkanes) is 4. The van der Waals surface area contributed by atoms with Gasteiger partial charge in [0.1, 0.15) is 23.5 Å². The molecule has 10 heteroatoms. The maximum absolute atomic E-state index is 12.8. The maximum atomic E-state index is 12.8. The Morgan fingerprint density at radius 1 is 1.00 bits per heavy atom. The number of hydrogen-bond acceptors (Lipinski definition) is 8. The summed E-state index contributed by atoms with van der Waals surface area (Å²) >= 11 is 0. The van der Waals surface area contributed by atoms with Crippen molar-refractivity contribution >= 4 is 34.3 Å². The number of nitro groups is 1. The summed E-state index contributed by atoms with van der Waals surface area (Å²) < 4.78 is 0. The molecule has 10 nitrogen and oxygen atoms in total. The van der Waals surface area contributed by atoms with E-state index in [2.05, 4.69) is 39.5 Å². The number of hydrogen-bond donors (Lipinski definition) is 1. The highest BCUT2D eigenvalue weighted by Gasteiger charge is 2.17. The van der Waals surface area contributed by atoms with E-state index in [1.54, 1.807) is 6.07 Å². The minimum atomic E-state index is -0.676. The van der Waals surface area contributed by atoms with Crippen LogP contribution in [-0.2, 0) is 4.79 Å². The van der Waals surface area contributed by atoms with Gasteiger partial charge >= 0.3 is 0 Å². The molecule has 39 heavy (non-hydrogen) atoms. The Balaban J connectivity index is 2.29. The molecule has 0 spiro atoms. The zero-order valence-electron chi connectivity index (χ0n) is 22.8. The van der Waals surface area contributed by atoms with E-state index in [1.165, 1.54) is 19.3 Å². The summed E-state index contributed by atoms with van der Waals surface area (Å²) in [7, 11) is 0. The third kappa shape index (κ3) is 9.35. The molecule has 0 saturated heterocycles. The van der Waals surface area contributed by atoms with Crippen LogP contribution in [0.2, 0.25) is 0 Å². The van der Waals surface area contributed by atoms with Crippen molar-refractivity contribution in [2.75, 3.05) is 23.3 Å². The number of benzene rings is 2. The maximum Gasteiger partial charge on any atom is 0.272 e. The van der Waals surface area contributed by atoms with Gasteiger partial charge in [-0.15, -0.1) is 10.2 Å². The van der Waals surface area contributed by atoms with Gasteiger partial charge in [0.05, 0.1) is 21.7 Å². The summed E-state index contributed by atoms with van der Waals surface area (Å²) in [5.41, 5.74) is 0.949. The van der Waals surface area contributed by atoms with Gasteiger partial charge < -0.3 is 10.2 Å². The van der Waals surface area contributed by atoms with Gasteiger partial charge in [-0.3, -0.25) is 14.9 Å². The number of allylic oxidation sites excluding steroid dienone is 2. The van der Waals surface area contributed by atoms with Gasteiger partial charge in [-0.1, -0.05) is 31.9 Å². The number of carbonyl (C=O) groups excluding carboxylic acids is 1. The van der Waals surface area contributed by atoms with E-state index >= 15 is 0 Å². The summed E-state index contributed by atoms with van der Waals surface area (Å²) in [6.07, 6.45) is 10.8. The molecule has 0 unspecified atom stereocenters. The van der Waals surface area contributed by atoms with Gasteiger partial charge in [0, 0.05) is 37.3 Å². The first-order valence-corrected chi connectivity index (χ1v) is 13.3.